The van der Waals surface area contributed by atoms with Crippen LogP contribution in [0.5, 0.6) is 0 Å². The average molecular weight is 275 g/mol. The fraction of sp³-hybridized carbons (Fsp3) is 0.600. The zero-order chi connectivity index (χ0) is 14.1. The number of allylic oxidation sites excluding steroid dienone is 1. The van der Waals surface area contributed by atoms with Crippen LogP contribution in [0, 0.1) is 0 Å². The lowest BCUT2D eigenvalue weighted by molar-refractivity contribution is 0.0602. The largest absolute Gasteiger partial charge is 0.442 e. The van der Waals surface area contributed by atoms with Crippen LogP contribution in [0.4, 0.5) is 4.79 Å². The summed E-state index contributed by atoms with van der Waals surface area (Å²) in [5.41, 5.74) is -0.298. The van der Waals surface area contributed by atoms with Gasteiger partial charge in [-0.2, -0.15) is 0 Å². The molecule has 0 bridgehead atoms. The second kappa shape index (κ2) is 4.60. The van der Waals surface area contributed by atoms with Crippen molar-refractivity contribution in [3.8, 4) is 0 Å². The summed E-state index contributed by atoms with van der Waals surface area (Å²) in [5, 5.41) is 3.75. The van der Waals surface area contributed by atoms with Gasteiger partial charge in [0.15, 0.2) is 0 Å². The Morgan fingerprint density at radius 2 is 2.00 bits per heavy atom. The molecule has 7 nitrogen and oxygen atoms in total. The van der Waals surface area contributed by atoms with Gasteiger partial charge in [-0.1, -0.05) is 0 Å². The van der Waals surface area contributed by atoms with Gasteiger partial charge >= 0.3 is 6.09 Å². The van der Waals surface area contributed by atoms with Gasteiger partial charge in [-0.3, -0.25) is 0 Å². The second-order valence-electron chi connectivity index (χ2n) is 4.85. The Kier molecular flexibility index (Phi) is 3.70. The van der Waals surface area contributed by atoms with Crippen LogP contribution in [-0.2, 0) is 14.8 Å². The molecule has 102 valence electrons. The zero-order valence-corrected chi connectivity index (χ0v) is 11.8. The van der Waals surface area contributed by atoms with E-state index in [9.17, 15) is 13.2 Å². The number of sulfonamides is 1. The minimum absolute atomic E-state index is 0.0794. The molecule has 0 saturated heterocycles. The fourth-order valence-corrected chi connectivity index (χ4v) is 2.17. The first-order valence-corrected chi connectivity index (χ1v) is 6.77. The molecule has 0 spiro atoms. The highest BCUT2D eigenvalue weighted by Gasteiger charge is 2.26. The summed E-state index contributed by atoms with van der Waals surface area (Å²) in [6.07, 6.45) is -0.846. The first kappa shape index (κ1) is 14.5. The molecule has 0 unspecified atom stereocenters. The molecule has 0 aliphatic carbocycles. The number of ether oxygens (including phenoxy) is 1. The van der Waals surface area contributed by atoms with Crippen LogP contribution in [0.15, 0.2) is 16.1 Å². The number of carbonyl (C=O) groups is 1. The predicted octanol–water partition coefficient (Wildman–Crippen LogP) is 1.00. The van der Waals surface area contributed by atoms with E-state index in [0.29, 0.717) is 5.70 Å². The third-order valence-corrected chi connectivity index (χ3v) is 3.49. The van der Waals surface area contributed by atoms with Crippen LogP contribution in [0.2, 0.25) is 0 Å². The Labute approximate surface area is 107 Å². The fourth-order valence-electron chi connectivity index (χ4n) is 1.18. The Bertz CT molecular complexity index is 514. The van der Waals surface area contributed by atoms with E-state index in [1.165, 1.54) is 7.05 Å². The summed E-state index contributed by atoms with van der Waals surface area (Å²) in [6.45, 7) is 6.66. The third kappa shape index (κ3) is 3.73. The minimum atomic E-state index is -3.58. The van der Waals surface area contributed by atoms with Gasteiger partial charge in [0, 0.05) is 12.7 Å². The van der Waals surface area contributed by atoms with Crippen LogP contribution in [0.25, 0.3) is 0 Å². The number of rotatable bonds is 0. The Morgan fingerprint density at radius 1 is 1.44 bits per heavy atom. The van der Waals surface area contributed by atoms with Crippen molar-refractivity contribution < 1.29 is 17.9 Å². The average Bonchev–Trinajstić information content (AvgIpc) is 2.09. The van der Waals surface area contributed by atoms with E-state index in [-0.39, 0.29) is 5.96 Å². The number of nitrogens with zero attached hydrogens (tertiary/aromatic N) is 2. The van der Waals surface area contributed by atoms with Gasteiger partial charge in [0.25, 0.3) is 10.0 Å². The Morgan fingerprint density at radius 3 is 2.50 bits per heavy atom. The van der Waals surface area contributed by atoms with E-state index in [0.717, 1.165) is 9.71 Å². The van der Waals surface area contributed by atoms with Gasteiger partial charge in [-0.15, -0.1) is 4.99 Å². The molecule has 1 amide bonds. The molecule has 0 atom stereocenters. The lowest BCUT2D eigenvalue weighted by atomic mass is 10.2. The quantitative estimate of drug-likeness (QED) is 0.712. The number of hydrogen-bond acceptors (Lipinski definition) is 4. The molecule has 0 fully saturated rings. The molecule has 1 rings (SSSR count). The maximum absolute atomic E-state index is 11.6. The van der Waals surface area contributed by atoms with Crippen molar-refractivity contribution in [1.29, 1.82) is 0 Å². The van der Waals surface area contributed by atoms with Crippen molar-refractivity contribution in [2.45, 2.75) is 33.3 Å². The first-order valence-electron chi connectivity index (χ1n) is 5.27. The van der Waals surface area contributed by atoms with E-state index < -0.39 is 21.7 Å². The van der Waals surface area contributed by atoms with Gasteiger partial charge in [-0.05, 0) is 27.7 Å². The number of carbonyl (C=O) groups excluding carboxylic acids is 1. The summed E-state index contributed by atoms with van der Waals surface area (Å²) < 4.78 is 29.2. The number of nitrogens with one attached hydrogen (secondary N) is 1. The minimum Gasteiger partial charge on any atom is -0.442 e. The summed E-state index contributed by atoms with van der Waals surface area (Å²) in [5.74, 6) is -0.0794. The number of aliphatic imine (C=N–C) groups is 1. The van der Waals surface area contributed by atoms with Crippen LogP contribution in [0.1, 0.15) is 27.7 Å². The van der Waals surface area contributed by atoms with Crippen molar-refractivity contribution in [3.05, 3.63) is 11.1 Å². The van der Waals surface area contributed by atoms with Crippen LogP contribution in [0.3, 0.4) is 0 Å². The van der Waals surface area contributed by atoms with Crippen LogP contribution < -0.4 is 5.32 Å². The molecule has 0 aromatic heterocycles. The topological polar surface area (TPSA) is 88.1 Å². The zero-order valence-electron chi connectivity index (χ0n) is 11.0. The lowest BCUT2D eigenvalue weighted by Gasteiger charge is -2.25. The number of guanidine groups is 1. The van der Waals surface area contributed by atoms with Crippen molar-refractivity contribution in [1.82, 2.24) is 9.62 Å². The molecule has 0 aromatic carbocycles. The van der Waals surface area contributed by atoms with Crippen molar-refractivity contribution >= 4 is 22.1 Å². The highest BCUT2D eigenvalue weighted by Crippen LogP contribution is 2.12. The molecule has 0 aromatic rings. The highest BCUT2D eigenvalue weighted by atomic mass is 32.2. The molecule has 0 radical (unpaired) electrons. The standard InChI is InChI=1S/C10H17N3O4S/c1-7-6-18(15,16)13(5)8(11-7)12-9(14)17-10(2,3)4/h6H,1-5H3,(H,11,12,14). The first-order chi connectivity index (χ1) is 8.01. The van der Waals surface area contributed by atoms with Gasteiger partial charge in [0.2, 0.25) is 5.96 Å². The Hall–Kier alpha value is -1.57. The maximum Gasteiger partial charge on any atom is 0.437 e. The summed E-state index contributed by atoms with van der Waals surface area (Å²) >= 11 is 0. The summed E-state index contributed by atoms with van der Waals surface area (Å²) in [7, 11) is -2.28. The van der Waals surface area contributed by atoms with Crippen molar-refractivity contribution in [3.63, 3.8) is 0 Å². The van der Waals surface area contributed by atoms with Crippen LogP contribution in [-0.4, -0.2) is 37.4 Å². The van der Waals surface area contributed by atoms with E-state index in [2.05, 4.69) is 10.3 Å². The summed E-state index contributed by atoms with van der Waals surface area (Å²) in [4.78, 5) is 15.1. The van der Waals surface area contributed by atoms with Gasteiger partial charge in [-0.25, -0.2) is 17.5 Å². The van der Waals surface area contributed by atoms with E-state index >= 15 is 0 Å². The predicted molar refractivity (Wildman–Crippen MR) is 67.2 cm³/mol. The van der Waals surface area contributed by atoms with Gasteiger partial charge < -0.3 is 10.1 Å². The molecule has 8 heteroatoms. The SMILES string of the molecule is CC1=CS(=O)(=O)N(C)C(=NC(=O)OC(C)(C)C)N1. The maximum atomic E-state index is 11.6. The molecule has 0 saturated carbocycles. The van der Waals surface area contributed by atoms with Crippen LogP contribution >= 0.6 is 0 Å². The lowest BCUT2D eigenvalue weighted by Crippen LogP contribution is -2.45. The molecule has 18 heavy (non-hydrogen) atoms. The summed E-state index contributed by atoms with van der Waals surface area (Å²) in [6, 6.07) is 0. The molecule has 1 aliphatic rings. The molecule has 1 aliphatic heterocycles. The molecular formula is C10H17N3O4S. The van der Waals surface area contributed by atoms with Gasteiger partial charge in [0.1, 0.15) is 5.60 Å². The van der Waals surface area contributed by atoms with E-state index in [4.69, 9.17) is 4.74 Å². The monoisotopic (exact) mass is 275 g/mol. The van der Waals surface area contributed by atoms with Crippen molar-refractivity contribution in [2.75, 3.05) is 7.05 Å². The Balaban J connectivity index is 2.98. The smallest absolute Gasteiger partial charge is 0.437 e. The number of hydrogen-bond donors (Lipinski definition) is 1. The third-order valence-electron chi connectivity index (χ3n) is 1.91. The number of amides is 1. The molecule has 1 N–H and O–H groups in total. The molecule has 1 heterocycles. The second-order valence-corrected chi connectivity index (χ2v) is 6.67. The van der Waals surface area contributed by atoms with Crippen molar-refractivity contribution in [2.24, 2.45) is 4.99 Å². The van der Waals surface area contributed by atoms with E-state index in [1.807, 2.05) is 0 Å². The van der Waals surface area contributed by atoms with E-state index in [1.54, 1.807) is 27.7 Å². The van der Waals surface area contributed by atoms with Gasteiger partial charge in [0.05, 0.1) is 5.41 Å². The molecular weight excluding hydrogens is 258 g/mol. The normalized spacial score (nSPS) is 21.3. The highest BCUT2D eigenvalue weighted by molar-refractivity contribution is 7.92.